The number of anilines is 1. The van der Waals surface area contributed by atoms with Crippen LogP contribution in [0.3, 0.4) is 0 Å². The van der Waals surface area contributed by atoms with E-state index in [0.29, 0.717) is 12.4 Å². The van der Waals surface area contributed by atoms with Crippen LogP contribution in [0.2, 0.25) is 0 Å². The van der Waals surface area contributed by atoms with Gasteiger partial charge in [-0.05, 0) is 18.1 Å². The summed E-state index contributed by atoms with van der Waals surface area (Å²) in [6.07, 6.45) is 1.84. The summed E-state index contributed by atoms with van der Waals surface area (Å²) in [7, 11) is 1.83. The first kappa shape index (κ1) is 16.3. The van der Waals surface area contributed by atoms with Gasteiger partial charge in [-0.3, -0.25) is 4.90 Å². The third kappa shape index (κ3) is 2.83. The van der Waals surface area contributed by atoms with Crippen LogP contribution >= 0.6 is 0 Å². The van der Waals surface area contributed by atoms with E-state index in [0.717, 1.165) is 11.1 Å². The second-order valence-corrected chi connectivity index (χ2v) is 6.62. The van der Waals surface area contributed by atoms with Crippen LogP contribution in [0.25, 0.3) is 0 Å². The predicted octanol–water partition coefficient (Wildman–Crippen LogP) is 3.33. The molecule has 0 saturated carbocycles. The van der Waals surface area contributed by atoms with Crippen LogP contribution in [-0.2, 0) is 6.54 Å². The summed E-state index contributed by atoms with van der Waals surface area (Å²) in [4.78, 5) is 16.3. The van der Waals surface area contributed by atoms with E-state index in [-0.39, 0.29) is 18.1 Å². The van der Waals surface area contributed by atoms with Gasteiger partial charge in [-0.15, -0.1) is 5.10 Å². The van der Waals surface area contributed by atoms with Crippen LogP contribution in [0.5, 0.6) is 0 Å². The van der Waals surface area contributed by atoms with Crippen LogP contribution in [0, 0.1) is 0 Å². The molecule has 0 spiro atoms. The van der Waals surface area contributed by atoms with E-state index in [1.54, 1.807) is 14.5 Å². The van der Waals surface area contributed by atoms with Gasteiger partial charge in [0.05, 0.1) is 24.8 Å². The molecule has 0 aliphatic carbocycles. The Balaban J connectivity index is 1.65. The molecule has 0 bridgehead atoms. The third-order valence-corrected chi connectivity index (χ3v) is 4.96. The molecule has 0 radical (unpaired) electrons. The highest BCUT2D eigenvalue weighted by Gasteiger charge is 2.44. The number of carbonyl (C=O) groups is 1. The summed E-state index contributed by atoms with van der Waals surface area (Å²) in [6.45, 7) is 2.68. The molecule has 3 aromatic rings. The maximum absolute atomic E-state index is 12.8. The average molecular weight is 347 g/mol. The van der Waals surface area contributed by atoms with E-state index in [1.807, 2.05) is 61.8 Å². The van der Waals surface area contributed by atoms with Gasteiger partial charge in [0.1, 0.15) is 0 Å². The molecule has 2 atom stereocenters. The fourth-order valence-corrected chi connectivity index (χ4v) is 3.46. The van der Waals surface area contributed by atoms with Crippen LogP contribution < -0.4 is 4.90 Å². The summed E-state index contributed by atoms with van der Waals surface area (Å²) < 4.78 is 1.77. The highest BCUT2D eigenvalue weighted by atomic mass is 16.2. The standard InChI is InChI=1S/C20H21N5O/c1-15-19(17-11-7-4-8-12-17)25(20(26)23(15)2)18-14-24(22-21-18)13-16-9-5-3-6-10-16/h3-12,14-15,19H,13H2,1-2H3/t15-,19-/m0/s1. The monoisotopic (exact) mass is 347 g/mol. The predicted molar refractivity (Wildman–Crippen MR) is 99.8 cm³/mol. The molecule has 132 valence electrons. The zero-order valence-corrected chi connectivity index (χ0v) is 14.9. The quantitative estimate of drug-likeness (QED) is 0.727. The Hall–Kier alpha value is -3.15. The molecule has 2 amide bonds. The van der Waals surface area contributed by atoms with Crippen molar-refractivity contribution < 1.29 is 4.79 Å². The first-order valence-corrected chi connectivity index (χ1v) is 8.70. The fraction of sp³-hybridized carbons (Fsp3) is 0.250. The van der Waals surface area contributed by atoms with Gasteiger partial charge >= 0.3 is 6.03 Å². The van der Waals surface area contributed by atoms with Crippen LogP contribution in [0.1, 0.15) is 24.1 Å². The smallest absolute Gasteiger partial charge is 0.322 e. The zero-order chi connectivity index (χ0) is 18.1. The number of nitrogens with zero attached hydrogens (tertiary/aromatic N) is 5. The molecule has 2 aromatic carbocycles. The highest BCUT2D eigenvalue weighted by molar-refractivity contribution is 5.94. The Kier molecular flexibility index (Phi) is 4.16. The molecule has 2 heterocycles. The molecule has 1 aromatic heterocycles. The number of urea groups is 1. The van der Waals surface area contributed by atoms with Gasteiger partial charge in [0.25, 0.3) is 0 Å². The topological polar surface area (TPSA) is 54.3 Å². The van der Waals surface area contributed by atoms with Gasteiger partial charge in [0.2, 0.25) is 0 Å². The fourth-order valence-electron chi connectivity index (χ4n) is 3.46. The number of benzene rings is 2. The molecule has 6 heteroatoms. The molecular formula is C20H21N5O. The third-order valence-electron chi connectivity index (χ3n) is 4.96. The van der Waals surface area contributed by atoms with E-state index in [1.165, 1.54) is 0 Å². The van der Waals surface area contributed by atoms with Crippen molar-refractivity contribution in [2.45, 2.75) is 25.6 Å². The second kappa shape index (κ2) is 6.63. The molecule has 1 fully saturated rings. The molecule has 4 rings (SSSR count). The Morgan fingerprint density at radius 3 is 2.35 bits per heavy atom. The Morgan fingerprint density at radius 2 is 1.65 bits per heavy atom. The lowest BCUT2D eigenvalue weighted by atomic mass is 10.0. The van der Waals surface area contributed by atoms with Crippen molar-refractivity contribution >= 4 is 11.8 Å². The molecule has 6 nitrogen and oxygen atoms in total. The number of rotatable bonds is 4. The summed E-state index contributed by atoms with van der Waals surface area (Å²) in [5, 5.41) is 8.50. The number of hydrogen-bond donors (Lipinski definition) is 0. The Labute approximate surface area is 152 Å². The molecule has 0 N–H and O–H groups in total. The van der Waals surface area contributed by atoms with Crippen molar-refractivity contribution in [1.29, 1.82) is 0 Å². The molecule has 26 heavy (non-hydrogen) atoms. The van der Waals surface area contributed by atoms with Gasteiger partial charge in [-0.1, -0.05) is 65.9 Å². The second-order valence-electron chi connectivity index (χ2n) is 6.62. The minimum Gasteiger partial charge on any atom is -0.322 e. The van der Waals surface area contributed by atoms with Crippen molar-refractivity contribution in [3.8, 4) is 0 Å². The lowest BCUT2D eigenvalue weighted by Crippen LogP contribution is -2.31. The lowest BCUT2D eigenvalue weighted by Gasteiger charge is -2.23. The van der Waals surface area contributed by atoms with Gasteiger partial charge in [-0.25, -0.2) is 9.48 Å². The van der Waals surface area contributed by atoms with Gasteiger partial charge in [0, 0.05) is 7.05 Å². The SMILES string of the molecule is C[C@H]1[C@@H](c2ccccc2)N(c2cn(Cc3ccccc3)nn2)C(=O)N1C. The van der Waals surface area contributed by atoms with Gasteiger partial charge in [-0.2, -0.15) is 0 Å². The van der Waals surface area contributed by atoms with Crippen LogP contribution in [0.15, 0.2) is 66.9 Å². The number of amides is 2. The maximum Gasteiger partial charge on any atom is 0.326 e. The van der Waals surface area contributed by atoms with Crippen molar-refractivity contribution in [2.24, 2.45) is 0 Å². The van der Waals surface area contributed by atoms with Crippen molar-refractivity contribution in [1.82, 2.24) is 19.9 Å². The Morgan fingerprint density at radius 1 is 1.00 bits per heavy atom. The van der Waals surface area contributed by atoms with E-state index in [9.17, 15) is 4.79 Å². The number of carbonyl (C=O) groups excluding carboxylic acids is 1. The lowest BCUT2D eigenvalue weighted by molar-refractivity contribution is 0.220. The van der Waals surface area contributed by atoms with E-state index in [2.05, 4.69) is 29.4 Å². The molecule has 0 unspecified atom stereocenters. The van der Waals surface area contributed by atoms with Crippen molar-refractivity contribution in [2.75, 3.05) is 11.9 Å². The minimum atomic E-state index is -0.0874. The summed E-state index contributed by atoms with van der Waals surface area (Å²) in [5.74, 6) is 0.580. The summed E-state index contributed by atoms with van der Waals surface area (Å²) in [5.41, 5.74) is 2.23. The summed E-state index contributed by atoms with van der Waals surface area (Å²) >= 11 is 0. The Bertz CT molecular complexity index is 893. The maximum atomic E-state index is 12.8. The highest BCUT2D eigenvalue weighted by Crippen LogP contribution is 2.37. The van der Waals surface area contributed by atoms with Crippen molar-refractivity contribution in [3.05, 3.63) is 78.0 Å². The minimum absolute atomic E-state index is 0.0455. The molecular weight excluding hydrogens is 326 g/mol. The molecule has 1 aliphatic heterocycles. The van der Waals surface area contributed by atoms with Crippen molar-refractivity contribution in [3.63, 3.8) is 0 Å². The molecule has 1 saturated heterocycles. The first-order valence-electron chi connectivity index (χ1n) is 8.70. The number of hydrogen-bond acceptors (Lipinski definition) is 3. The van der Waals surface area contributed by atoms with Crippen LogP contribution in [0.4, 0.5) is 10.6 Å². The van der Waals surface area contributed by atoms with E-state index < -0.39 is 0 Å². The largest absolute Gasteiger partial charge is 0.326 e. The molecule has 1 aliphatic rings. The normalized spacial score (nSPS) is 20.0. The zero-order valence-electron chi connectivity index (χ0n) is 14.9. The number of likely N-dealkylation sites (N-methyl/N-ethyl adjacent to an activating group) is 1. The average Bonchev–Trinajstić information content (AvgIpc) is 3.21. The van der Waals surface area contributed by atoms with Gasteiger partial charge < -0.3 is 4.90 Å². The first-order chi connectivity index (χ1) is 12.6. The van der Waals surface area contributed by atoms with Crippen LogP contribution in [-0.4, -0.2) is 39.0 Å². The van der Waals surface area contributed by atoms with E-state index in [4.69, 9.17) is 0 Å². The number of aromatic nitrogens is 3. The van der Waals surface area contributed by atoms with Gasteiger partial charge in [0.15, 0.2) is 5.82 Å². The summed E-state index contributed by atoms with van der Waals surface area (Å²) in [6, 6.07) is 20.1. The van der Waals surface area contributed by atoms with E-state index >= 15 is 0 Å².